The quantitative estimate of drug-likeness (QED) is 0.0286. The monoisotopic (exact) mass is 765 g/mol. The van der Waals surface area contributed by atoms with Gasteiger partial charge in [0.2, 0.25) is 0 Å². The SMILES string of the molecule is CC/C=C\C/C=C\C/C=C\C/C=C\CCCCCCCCC(=O)OC(COC(=O)CCCCCCC/C=C\CCCCCCC)COP(=O)(O)OCC. The molecule has 8 nitrogen and oxygen atoms in total. The Kier molecular flexibility index (Phi) is 37.8. The molecule has 306 valence electrons. The van der Waals surface area contributed by atoms with Crippen molar-refractivity contribution in [2.24, 2.45) is 0 Å². The lowest BCUT2D eigenvalue weighted by atomic mass is 10.1. The molecule has 0 fully saturated rings. The third kappa shape index (κ3) is 39.3. The van der Waals surface area contributed by atoms with Crippen LogP contribution in [0.3, 0.4) is 0 Å². The fraction of sp³-hybridized carbons (Fsp3) is 0.727. The molecule has 0 aliphatic carbocycles. The van der Waals surface area contributed by atoms with Gasteiger partial charge in [0.1, 0.15) is 6.61 Å². The highest BCUT2D eigenvalue weighted by atomic mass is 31.2. The summed E-state index contributed by atoms with van der Waals surface area (Å²) in [4.78, 5) is 34.7. The van der Waals surface area contributed by atoms with Gasteiger partial charge in [-0.1, -0.05) is 145 Å². The summed E-state index contributed by atoms with van der Waals surface area (Å²) in [7, 11) is -4.29. The van der Waals surface area contributed by atoms with Gasteiger partial charge >= 0.3 is 19.8 Å². The average molecular weight is 765 g/mol. The van der Waals surface area contributed by atoms with E-state index in [1.807, 2.05) is 0 Å². The van der Waals surface area contributed by atoms with Crippen LogP contribution in [-0.4, -0.2) is 42.8 Å². The van der Waals surface area contributed by atoms with Gasteiger partial charge in [-0.2, -0.15) is 0 Å². The van der Waals surface area contributed by atoms with Crippen LogP contribution >= 0.6 is 7.82 Å². The van der Waals surface area contributed by atoms with Gasteiger partial charge < -0.3 is 14.4 Å². The molecular weight excluding hydrogens is 687 g/mol. The lowest BCUT2D eigenvalue weighted by molar-refractivity contribution is -0.161. The van der Waals surface area contributed by atoms with Crippen LogP contribution in [0.5, 0.6) is 0 Å². The molecule has 2 unspecified atom stereocenters. The highest BCUT2D eigenvalue weighted by Gasteiger charge is 2.25. The van der Waals surface area contributed by atoms with Crippen LogP contribution < -0.4 is 0 Å². The van der Waals surface area contributed by atoms with Gasteiger partial charge in [0.25, 0.3) is 0 Å². The van der Waals surface area contributed by atoms with E-state index in [0.29, 0.717) is 6.42 Å². The molecule has 1 N–H and O–H groups in total. The molecule has 9 heteroatoms. The van der Waals surface area contributed by atoms with Crippen molar-refractivity contribution < 1.29 is 37.6 Å². The second-order valence-electron chi connectivity index (χ2n) is 13.6. The van der Waals surface area contributed by atoms with E-state index in [-0.39, 0.29) is 32.0 Å². The van der Waals surface area contributed by atoms with Crippen LogP contribution in [0, 0.1) is 0 Å². The van der Waals surface area contributed by atoms with Crippen LogP contribution in [-0.2, 0) is 32.7 Å². The molecule has 0 aromatic rings. The highest BCUT2D eigenvalue weighted by Crippen LogP contribution is 2.43. The second-order valence-corrected chi connectivity index (χ2v) is 15.1. The first-order valence-corrected chi connectivity index (χ1v) is 22.6. The first kappa shape index (κ1) is 50.8. The Morgan fingerprint density at radius 1 is 0.528 bits per heavy atom. The molecule has 53 heavy (non-hydrogen) atoms. The van der Waals surface area contributed by atoms with Crippen molar-refractivity contribution >= 4 is 19.8 Å². The second kappa shape index (κ2) is 39.4. The van der Waals surface area contributed by atoms with Crippen molar-refractivity contribution in [2.45, 2.75) is 187 Å². The van der Waals surface area contributed by atoms with Gasteiger partial charge in [0.05, 0.1) is 13.2 Å². The zero-order chi connectivity index (χ0) is 38.9. The van der Waals surface area contributed by atoms with E-state index >= 15 is 0 Å². The Bertz CT molecular complexity index is 1050. The number of hydrogen-bond acceptors (Lipinski definition) is 7. The molecule has 2 atom stereocenters. The summed E-state index contributed by atoms with van der Waals surface area (Å²) in [5.41, 5.74) is 0. The number of carbonyl (C=O) groups is 2. The van der Waals surface area contributed by atoms with E-state index in [1.54, 1.807) is 6.92 Å². The molecule has 0 aliphatic rings. The third-order valence-corrected chi connectivity index (χ3v) is 9.62. The smallest absolute Gasteiger partial charge is 0.462 e. The Morgan fingerprint density at radius 2 is 0.962 bits per heavy atom. The minimum absolute atomic E-state index is 0.00640. The molecule has 0 amide bonds. The molecule has 0 saturated heterocycles. The summed E-state index contributed by atoms with van der Waals surface area (Å²) in [6, 6.07) is 0. The Balaban J connectivity index is 4.15. The van der Waals surface area contributed by atoms with E-state index < -0.39 is 26.5 Å². The van der Waals surface area contributed by atoms with Crippen LogP contribution in [0.15, 0.2) is 60.8 Å². The minimum Gasteiger partial charge on any atom is -0.462 e. The topological polar surface area (TPSA) is 108 Å². The van der Waals surface area contributed by atoms with E-state index in [2.05, 4.69) is 74.6 Å². The van der Waals surface area contributed by atoms with Gasteiger partial charge in [-0.25, -0.2) is 4.57 Å². The van der Waals surface area contributed by atoms with Crippen molar-refractivity contribution in [3.8, 4) is 0 Å². The van der Waals surface area contributed by atoms with Crippen LogP contribution in [0.4, 0.5) is 0 Å². The summed E-state index contributed by atoms with van der Waals surface area (Å²) in [6.07, 6.45) is 47.0. The zero-order valence-corrected chi connectivity index (χ0v) is 34.8. The number of hydrogen-bond donors (Lipinski definition) is 1. The Hall–Kier alpha value is -2.25. The number of carbonyl (C=O) groups excluding carboxylic acids is 2. The van der Waals surface area contributed by atoms with Crippen LogP contribution in [0.25, 0.3) is 0 Å². The minimum atomic E-state index is -4.29. The Labute approximate surface area is 324 Å². The van der Waals surface area contributed by atoms with E-state index in [9.17, 15) is 19.0 Å². The standard InChI is InChI=1S/C44H77O8P/c1-4-7-9-11-13-15-17-19-21-22-23-24-25-27-29-31-33-35-37-39-44(46)52-42(41-51-53(47,48)50-6-3)40-49-43(45)38-36-34-32-30-28-26-20-18-16-14-12-10-8-5-2/h7,9,13,15,18-21,23-24,42H,4-6,8,10-12,14,16-17,22,25-41H2,1-3H3,(H,47,48)/b9-7-,15-13-,20-18-,21-19-,24-23-. The van der Waals surface area contributed by atoms with Gasteiger partial charge in [0.15, 0.2) is 6.10 Å². The molecule has 0 aromatic heterocycles. The number of phosphoric acid groups is 1. The largest absolute Gasteiger partial charge is 0.472 e. The number of allylic oxidation sites excluding steroid dienone is 10. The lowest BCUT2D eigenvalue weighted by Gasteiger charge is -2.19. The maximum Gasteiger partial charge on any atom is 0.472 e. The summed E-state index contributed by atoms with van der Waals surface area (Å²) in [5.74, 6) is -0.827. The normalized spacial score (nSPS) is 14.0. The number of unbranched alkanes of at least 4 members (excludes halogenated alkanes) is 16. The molecule has 0 saturated carbocycles. The molecule has 0 bridgehead atoms. The highest BCUT2D eigenvalue weighted by molar-refractivity contribution is 7.47. The average Bonchev–Trinajstić information content (AvgIpc) is 3.13. The third-order valence-electron chi connectivity index (χ3n) is 8.56. The molecular formula is C44H77O8P. The van der Waals surface area contributed by atoms with Crippen molar-refractivity contribution in [3.63, 3.8) is 0 Å². The molecule has 0 spiro atoms. The molecule has 0 aromatic carbocycles. The number of phosphoric ester groups is 1. The maximum atomic E-state index is 12.5. The summed E-state index contributed by atoms with van der Waals surface area (Å²) in [5, 5.41) is 0. The van der Waals surface area contributed by atoms with Crippen LogP contribution in [0.2, 0.25) is 0 Å². The Morgan fingerprint density at radius 3 is 1.47 bits per heavy atom. The maximum absolute atomic E-state index is 12.5. The lowest BCUT2D eigenvalue weighted by Crippen LogP contribution is -2.29. The summed E-state index contributed by atoms with van der Waals surface area (Å²) in [6.45, 7) is 5.32. The van der Waals surface area contributed by atoms with Gasteiger partial charge in [-0.05, 0) is 84.0 Å². The molecule has 0 rings (SSSR count). The number of ether oxygens (including phenoxy) is 2. The first-order chi connectivity index (χ1) is 25.8. The van der Waals surface area contributed by atoms with Gasteiger partial charge in [-0.15, -0.1) is 0 Å². The van der Waals surface area contributed by atoms with Crippen molar-refractivity contribution in [1.29, 1.82) is 0 Å². The van der Waals surface area contributed by atoms with E-state index in [1.165, 1.54) is 38.5 Å². The molecule has 0 radical (unpaired) electrons. The summed E-state index contributed by atoms with van der Waals surface area (Å²) >= 11 is 0. The fourth-order valence-electron chi connectivity index (χ4n) is 5.50. The van der Waals surface area contributed by atoms with E-state index in [0.717, 1.165) is 103 Å². The predicted octanol–water partition coefficient (Wildman–Crippen LogP) is 13.2. The number of rotatable bonds is 38. The first-order valence-electron chi connectivity index (χ1n) is 21.1. The van der Waals surface area contributed by atoms with Crippen molar-refractivity contribution in [1.82, 2.24) is 0 Å². The molecule has 0 heterocycles. The molecule has 0 aliphatic heterocycles. The summed E-state index contributed by atoms with van der Waals surface area (Å²) < 4.78 is 32.6. The van der Waals surface area contributed by atoms with Crippen molar-refractivity contribution in [2.75, 3.05) is 19.8 Å². The van der Waals surface area contributed by atoms with Crippen molar-refractivity contribution in [3.05, 3.63) is 60.8 Å². The van der Waals surface area contributed by atoms with Gasteiger partial charge in [0, 0.05) is 12.8 Å². The zero-order valence-electron chi connectivity index (χ0n) is 33.9. The predicted molar refractivity (Wildman–Crippen MR) is 221 cm³/mol. The van der Waals surface area contributed by atoms with Gasteiger partial charge in [-0.3, -0.25) is 18.6 Å². The van der Waals surface area contributed by atoms with E-state index in [4.69, 9.17) is 18.5 Å². The van der Waals surface area contributed by atoms with Crippen LogP contribution in [0.1, 0.15) is 181 Å². The number of esters is 2. The fourth-order valence-corrected chi connectivity index (χ4v) is 6.25.